The van der Waals surface area contributed by atoms with Crippen molar-refractivity contribution in [3.63, 3.8) is 0 Å². The third-order valence-electron chi connectivity index (χ3n) is 2.86. The zero-order chi connectivity index (χ0) is 13.3. The SMILES string of the molecule is CCNc1nc(C)cn1-c1cc(C)c(Br)c(C)c1. The van der Waals surface area contributed by atoms with E-state index in [0.29, 0.717) is 0 Å². The summed E-state index contributed by atoms with van der Waals surface area (Å²) in [7, 11) is 0. The van der Waals surface area contributed by atoms with Crippen molar-refractivity contribution in [3.05, 3.63) is 39.6 Å². The summed E-state index contributed by atoms with van der Waals surface area (Å²) in [6, 6.07) is 4.33. The van der Waals surface area contributed by atoms with Crippen LogP contribution in [0.4, 0.5) is 5.95 Å². The van der Waals surface area contributed by atoms with Gasteiger partial charge in [0.2, 0.25) is 5.95 Å². The van der Waals surface area contributed by atoms with E-state index in [1.54, 1.807) is 0 Å². The van der Waals surface area contributed by atoms with Gasteiger partial charge < -0.3 is 5.32 Å². The summed E-state index contributed by atoms with van der Waals surface area (Å²) in [5.74, 6) is 0.899. The van der Waals surface area contributed by atoms with Gasteiger partial charge in [-0.25, -0.2) is 4.98 Å². The lowest BCUT2D eigenvalue weighted by Crippen LogP contribution is -2.05. The molecule has 0 fully saturated rings. The number of halogens is 1. The van der Waals surface area contributed by atoms with E-state index in [0.717, 1.165) is 23.9 Å². The zero-order valence-corrected chi connectivity index (χ0v) is 12.8. The van der Waals surface area contributed by atoms with E-state index in [1.165, 1.54) is 15.6 Å². The number of hydrogen-bond acceptors (Lipinski definition) is 2. The van der Waals surface area contributed by atoms with Gasteiger partial charge in [0, 0.05) is 22.9 Å². The Bertz CT molecular complexity index is 549. The molecule has 2 aromatic rings. The molecule has 0 unspecified atom stereocenters. The highest BCUT2D eigenvalue weighted by atomic mass is 79.9. The Hall–Kier alpha value is -1.29. The molecule has 1 N–H and O–H groups in total. The Labute approximate surface area is 116 Å². The summed E-state index contributed by atoms with van der Waals surface area (Å²) < 4.78 is 3.28. The molecule has 0 aliphatic rings. The van der Waals surface area contributed by atoms with Crippen LogP contribution < -0.4 is 5.32 Å². The molecule has 0 bridgehead atoms. The quantitative estimate of drug-likeness (QED) is 0.929. The normalized spacial score (nSPS) is 10.7. The Morgan fingerprint density at radius 3 is 2.39 bits per heavy atom. The number of nitrogens with one attached hydrogen (secondary N) is 1. The van der Waals surface area contributed by atoms with Crippen LogP contribution in [0.25, 0.3) is 5.69 Å². The predicted octanol–water partition coefficient (Wildman–Crippen LogP) is 3.99. The number of benzene rings is 1. The van der Waals surface area contributed by atoms with Crippen LogP contribution in [0.5, 0.6) is 0 Å². The van der Waals surface area contributed by atoms with E-state index in [4.69, 9.17) is 0 Å². The third kappa shape index (κ3) is 2.43. The lowest BCUT2D eigenvalue weighted by Gasteiger charge is -2.11. The van der Waals surface area contributed by atoms with Crippen LogP contribution in [-0.4, -0.2) is 16.1 Å². The monoisotopic (exact) mass is 307 g/mol. The molecule has 1 aromatic carbocycles. The second-order valence-electron chi connectivity index (χ2n) is 4.50. The van der Waals surface area contributed by atoms with E-state index in [-0.39, 0.29) is 0 Å². The number of anilines is 1. The largest absolute Gasteiger partial charge is 0.356 e. The molecule has 0 saturated heterocycles. The molecule has 0 aliphatic carbocycles. The van der Waals surface area contributed by atoms with Crippen molar-refractivity contribution in [1.82, 2.24) is 9.55 Å². The van der Waals surface area contributed by atoms with Gasteiger partial charge >= 0.3 is 0 Å². The summed E-state index contributed by atoms with van der Waals surface area (Å²) in [6.45, 7) is 9.17. The fourth-order valence-corrected chi connectivity index (χ4v) is 2.27. The highest BCUT2D eigenvalue weighted by molar-refractivity contribution is 9.10. The number of aryl methyl sites for hydroxylation is 3. The summed E-state index contributed by atoms with van der Waals surface area (Å²) >= 11 is 3.60. The first-order chi connectivity index (χ1) is 8.52. The topological polar surface area (TPSA) is 29.9 Å². The molecule has 1 aromatic heterocycles. The average Bonchev–Trinajstić information content (AvgIpc) is 2.67. The van der Waals surface area contributed by atoms with Gasteiger partial charge in [-0.15, -0.1) is 0 Å². The van der Waals surface area contributed by atoms with Crippen LogP contribution in [0.2, 0.25) is 0 Å². The van der Waals surface area contributed by atoms with E-state index in [9.17, 15) is 0 Å². The molecular weight excluding hydrogens is 290 g/mol. The number of aromatic nitrogens is 2. The molecule has 3 nitrogen and oxygen atoms in total. The highest BCUT2D eigenvalue weighted by Gasteiger charge is 2.09. The minimum absolute atomic E-state index is 0.866. The van der Waals surface area contributed by atoms with E-state index in [1.807, 2.05) is 6.92 Å². The molecule has 0 atom stereocenters. The minimum atomic E-state index is 0.866. The van der Waals surface area contributed by atoms with Crippen LogP contribution >= 0.6 is 15.9 Å². The van der Waals surface area contributed by atoms with Crippen molar-refractivity contribution < 1.29 is 0 Å². The van der Waals surface area contributed by atoms with Crippen molar-refractivity contribution in [2.75, 3.05) is 11.9 Å². The maximum atomic E-state index is 4.50. The molecule has 2 rings (SSSR count). The summed E-state index contributed by atoms with van der Waals surface area (Å²) in [5, 5.41) is 3.29. The summed E-state index contributed by atoms with van der Waals surface area (Å²) in [5.41, 5.74) is 4.63. The molecule has 18 heavy (non-hydrogen) atoms. The Morgan fingerprint density at radius 2 is 1.83 bits per heavy atom. The fraction of sp³-hybridized carbons (Fsp3) is 0.357. The standard InChI is InChI=1S/C14H18BrN3/c1-5-16-14-17-11(4)8-18(14)12-6-9(2)13(15)10(3)7-12/h6-8H,5H2,1-4H3,(H,16,17). The lowest BCUT2D eigenvalue weighted by atomic mass is 10.1. The van der Waals surface area contributed by atoms with Crippen molar-refractivity contribution in [1.29, 1.82) is 0 Å². The molecule has 0 spiro atoms. The maximum absolute atomic E-state index is 4.50. The van der Waals surface area contributed by atoms with Crippen molar-refractivity contribution in [2.45, 2.75) is 27.7 Å². The van der Waals surface area contributed by atoms with Crippen LogP contribution in [0.3, 0.4) is 0 Å². The van der Waals surface area contributed by atoms with Gasteiger partial charge in [0.1, 0.15) is 0 Å². The number of imidazole rings is 1. The molecule has 96 valence electrons. The molecule has 0 aliphatic heterocycles. The van der Waals surface area contributed by atoms with Gasteiger partial charge in [0.05, 0.1) is 5.69 Å². The minimum Gasteiger partial charge on any atom is -0.356 e. The van der Waals surface area contributed by atoms with Crippen molar-refractivity contribution in [2.24, 2.45) is 0 Å². The zero-order valence-electron chi connectivity index (χ0n) is 11.2. The van der Waals surface area contributed by atoms with Crippen molar-refractivity contribution in [3.8, 4) is 5.69 Å². The van der Waals surface area contributed by atoms with Gasteiger partial charge in [-0.1, -0.05) is 15.9 Å². The second-order valence-corrected chi connectivity index (χ2v) is 5.29. The van der Waals surface area contributed by atoms with E-state index < -0.39 is 0 Å². The molecular formula is C14H18BrN3. The first-order valence-corrected chi connectivity index (χ1v) is 6.89. The summed E-state index contributed by atoms with van der Waals surface area (Å²) in [4.78, 5) is 4.50. The molecule has 0 radical (unpaired) electrons. The Morgan fingerprint density at radius 1 is 1.22 bits per heavy atom. The Kier molecular flexibility index (Phi) is 3.76. The first-order valence-electron chi connectivity index (χ1n) is 6.10. The van der Waals surface area contributed by atoms with Crippen molar-refractivity contribution >= 4 is 21.9 Å². The van der Waals surface area contributed by atoms with E-state index >= 15 is 0 Å². The van der Waals surface area contributed by atoms with Gasteiger partial charge in [0.15, 0.2) is 0 Å². The van der Waals surface area contributed by atoms with Gasteiger partial charge in [0.25, 0.3) is 0 Å². The average molecular weight is 308 g/mol. The fourth-order valence-electron chi connectivity index (χ4n) is 2.04. The number of hydrogen-bond donors (Lipinski definition) is 1. The van der Waals surface area contributed by atoms with Gasteiger partial charge in [-0.05, 0) is 51.0 Å². The molecule has 0 saturated carbocycles. The number of rotatable bonds is 3. The lowest BCUT2D eigenvalue weighted by molar-refractivity contribution is 1.02. The third-order valence-corrected chi connectivity index (χ3v) is 4.11. The smallest absolute Gasteiger partial charge is 0.207 e. The highest BCUT2D eigenvalue weighted by Crippen LogP contribution is 2.26. The molecule has 1 heterocycles. The number of nitrogens with zero attached hydrogens (tertiary/aromatic N) is 2. The summed E-state index contributed by atoms with van der Waals surface area (Å²) in [6.07, 6.45) is 2.06. The van der Waals surface area contributed by atoms with Crippen LogP contribution in [0.1, 0.15) is 23.7 Å². The van der Waals surface area contributed by atoms with Crippen LogP contribution in [-0.2, 0) is 0 Å². The Balaban J connectivity index is 2.54. The molecule has 0 amide bonds. The van der Waals surface area contributed by atoms with E-state index in [2.05, 4.69) is 69.9 Å². The van der Waals surface area contributed by atoms with Crippen LogP contribution in [0, 0.1) is 20.8 Å². The maximum Gasteiger partial charge on any atom is 0.207 e. The van der Waals surface area contributed by atoms with Crippen LogP contribution in [0.15, 0.2) is 22.8 Å². The predicted molar refractivity (Wildman–Crippen MR) is 79.6 cm³/mol. The molecule has 4 heteroatoms. The van der Waals surface area contributed by atoms with Gasteiger partial charge in [-0.3, -0.25) is 4.57 Å². The first kappa shape index (κ1) is 13.1. The van der Waals surface area contributed by atoms with Gasteiger partial charge in [-0.2, -0.15) is 0 Å². The second kappa shape index (κ2) is 5.14.